The number of rotatable bonds is 4. The Morgan fingerprint density at radius 1 is 1.28 bits per heavy atom. The first-order valence-corrected chi connectivity index (χ1v) is 8.17. The molecular formula is C12H27N3O2S. The number of sulfone groups is 1. The quantitative estimate of drug-likeness (QED) is 0.769. The number of nitrogens with zero attached hydrogens (tertiary/aromatic N) is 2. The van der Waals surface area contributed by atoms with Crippen molar-refractivity contribution in [3.8, 4) is 0 Å². The molecule has 0 aromatic carbocycles. The molecule has 2 N–H and O–H groups in total. The second kappa shape index (κ2) is 5.86. The lowest BCUT2D eigenvalue weighted by Gasteiger charge is -2.39. The van der Waals surface area contributed by atoms with E-state index in [1.54, 1.807) is 20.8 Å². The van der Waals surface area contributed by atoms with E-state index >= 15 is 0 Å². The summed E-state index contributed by atoms with van der Waals surface area (Å²) in [5.41, 5.74) is 5.76. The molecule has 1 aliphatic rings. The first-order valence-electron chi connectivity index (χ1n) is 6.52. The molecule has 0 radical (unpaired) electrons. The number of nitrogens with two attached hydrogens (primary N) is 1. The third kappa shape index (κ3) is 3.91. The van der Waals surface area contributed by atoms with Gasteiger partial charge in [-0.25, -0.2) is 8.42 Å². The van der Waals surface area contributed by atoms with Gasteiger partial charge in [-0.05, 0) is 27.8 Å². The second-order valence-electron chi connectivity index (χ2n) is 6.12. The van der Waals surface area contributed by atoms with Gasteiger partial charge < -0.3 is 10.6 Å². The average Bonchev–Trinajstić information content (AvgIpc) is 2.25. The molecule has 6 heteroatoms. The predicted octanol–water partition coefficient (Wildman–Crippen LogP) is -0.226. The highest BCUT2D eigenvalue weighted by Gasteiger charge is 2.31. The molecule has 0 aromatic heterocycles. The lowest BCUT2D eigenvalue weighted by Crippen LogP contribution is -2.56. The van der Waals surface area contributed by atoms with Crippen LogP contribution in [0.4, 0.5) is 0 Å². The maximum Gasteiger partial charge on any atom is 0.156 e. The molecule has 18 heavy (non-hydrogen) atoms. The lowest BCUT2D eigenvalue weighted by atomic mass is 10.2. The molecule has 1 unspecified atom stereocenters. The fourth-order valence-electron chi connectivity index (χ4n) is 2.11. The van der Waals surface area contributed by atoms with E-state index in [4.69, 9.17) is 5.73 Å². The van der Waals surface area contributed by atoms with E-state index < -0.39 is 14.6 Å². The van der Waals surface area contributed by atoms with E-state index in [0.29, 0.717) is 13.1 Å². The average molecular weight is 277 g/mol. The molecule has 0 saturated carbocycles. The van der Waals surface area contributed by atoms with Gasteiger partial charge in [-0.3, -0.25) is 4.90 Å². The lowest BCUT2D eigenvalue weighted by molar-refractivity contribution is 0.100. The third-order valence-corrected chi connectivity index (χ3v) is 6.25. The summed E-state index contributed by atoms with van der Waals surface area (Å²) in [6.07, 6.45) is 0. The zero-order valence-electron chi connectivity index (χ0n) is 12.0. The number of hydrogen-bond acceptors (Lipinski definition) is 5. The zero-order valence-corrected chi connectivity index (χ0v) is 12.8. The largest absolute Gasteiger partial charge is 0.329 e. The highest BCUT2D eigenvalue weighted by molar-refractivity contribution is 7.92. The highest BCUT2D eigenvalue weighted by atomic mass is 32.2. The minimum absolute atomic E-state index is 0.219. The van der Waals surface area contributed by atoms with Crippen LogP contribution in [0.3, 0.4) is 0 Å². The Morgan fingerprint density at radius 3 is 2.39 bits per heavy atom. The van der Waals surface area contributed by atoms with Gasteiger partial charge in [0.2, 0.25) is 0 Å². The van der Waals surface area contributed by atoms with Gasteiger partial charge in [0.15, 0.2) is 9.84 Å². The maximum atomic E-state index is 12.1. The zero-order chi connectivity index (χ0) is 14.0. The summed E-state index contributed by atoms with van der Waals surface area (Å²) < 4.78 is 23.5. The molecule has 1 aliphatic heterocycles. The van der Waals surface area contributed by atoms with Crippen molar-refractivity contribution >= 4 is 9.84 Å². The first-order chi connectivity index (χ1) is 8.17. The summed E-state index contributed by atoms with van der Waals surface area (Å²) in [4.78, 5) is 4.45. The fraction of sp³-hybridized carbons (Fsp3) is 1.00. The number of piperazine rings is 1. The van der Waals surface area contributed by atoms with Crippen LogP contribution in [0, 0.1) is 0 Å². The molecule has 108 valence electrons. The summed E-state index contributed by atoms with van der Waals surface area (Å²) in [5, 5.41) is 0. The molecule has 0 aliphatic carbocycles. The minimum atomic E-state index is -3.04. The van der Waals surface area contributed by atoms with Crippen LogP contribution < -0.4 is 5.73 Å². The number of hydrogen-bond donors (Lipinski definition) is 1. The van der Waals surface area contributed by atoms with Crippen LogP contribution in [-0.4, -0.2) is 74.5 Å². The van der Waals surface area contributed by atoms with Crippen LogP contribution in [0.25, 0.3) is 0 Å². The van der Waals surface area contributed by atoms with Crippen molar-refractivity contribution in [1.82, 2.24) is 9.80 Å². The SMILES string of the molecule is CN1CCN(CCS(=O)(=O)C(C)(C)C)C(CN)C1. The van der Waals surface area contributed by atoms with E-state index in [9.17, 15) is 8.42 Å². The van der Waals surface area contributed by atoms with Crippen molar-refractivity contribution in [1.29, 1.82) is 0 Å². The summed E-state index contributed by atoms with van der Waals surface area (Å²) in [6, 6.07) is 0.277. The van der Waals surface area contributed by atoms with E-state index in [1.165, 1.54) is 0 Å². The molecule has 1 rings (SSSR count). The van der Waals surface area contributed by atoms with Gasteiger partial charge in [0.25, 0.3) is 0 Å². The highest BCUT2D eigenvalue weighted by Crippen LogP contribution is 2.17. The Kier molecular flexibility index (Phi) is 5.17. The summed E-state index contributed by atoms with van der Waals surface area (Å²) in [7, 11) is -0.963. The van der Waals surface area contributed by atoms with Crippen molar-refractivity contribution in [2.75, 3.05) is 45.5 Å². The normalized spacial score (nSPS) is 24.4. The second-order valence-corrected chi connectivity index (χ2v) is 8.98. The smallest absolute Gasteiger partial charge is 0.156 e. The van der Waals surface area contributed by atoms with Gasteiger partial charge in [-0.1, -0.05) is 0 Å². The van der Waals surface area contributed by atoms with Crippen molar-refractivity contribution in [2.24, 2.45) is 5.73 Å². The Balaban J connectivity index is 2.58. The molecule has 1 fully saturated rings. The number of likely N-dealkylation sites (N-methyl/N-ethyl adjacent to an activating group) is 1. The van der Waals surface area contributed by atoms with Crippen LogP contribution in [0.1, 0.15) is 20.8 Å². The van der Waals surface area contributed by atoms with Gasteiger partial charge in [0.1, 0.15) is 0 Å². The van der Waals surface area contributed by atoms with E-state index in [-0.39, 0.29) is 11.8 Å². The van der Waals surface area contributed by atoms with E-state index in [1.807, 2.05) is 0 Å². The molecule has 1 atom stereocenters. The van der Waals surface area contributed by atoms with Crippen LogP contribution in [0.15, 0.2) is 0 Å². The maximum absolute atomic E-state index is 12.1. The van der Waals surface area contributed by atoms with Gasteiger partial charge >= 0.3 is 0 Å². The summed E-state index contributed by atoms with van der Waals surface area (Å²) in [6.45, 7) is 9.25. The van der Waals surface area contributed by atoms with Crippen LogP contribution >= 0.6 is 0 Å². The van der Waals surface area contributed by atoms with Crippen LogP contribution in [0.5, 0.6) is 0 Å². The van der Waals surface area contributed by atoms with Crippen molar-refractivity contribution in [2.45, 2.75) is 31.6 Å². The molecule has 0 spiro atoms. The van der Waals surface area contributed by atoms with Gasteiger partial charge in [0.05, 0.1) is 10.5 Å². The third-order valence-electron chi connectivity index (χ3n) is 3.66. The molecule has 0 bridgehead atoms. The van der Waals surface area contributed by atoms with Crippen molar-refractivity contribution in [3.05, 3.63) is 0 Å². The van der Waals surface area contributed by atoms with Crippen LogP contribution in [0.2, 0.25) is 0 Å². The van der Waals surface area contributed by atoms with E-state index in [2.05, 4.69) is 16.8 Å². The fourth-order valence-corrected chi connectivity index (χ4v) is 3.20. The van der Waals surface area contributed by atoms with E-state index in [0.717, 1.165) is 19.6 Å². The Hall–Kier alpha value is -0.170. The predicted molar refractivity (Wildman–Crippen MR) is 75.5 cm³/mol. The monoisotopic (exact) mass is 277 g/mol. The first kappa shape index (κ1) is 15.9. The minimum Gasteiger partial charge on any atom is -0.329 e. The summed E-state index contributed by atoms with van der Waals surface area (Å²) >= 11 is 0. The standard InChI is InChI=1S/C12H27N3O2S/c1-12(2,3)18(16,17)8-7-15-6-5-14(4)10-11(15)9-13/h11H,5-10,13H2,1-4H3. The molecule has 1 saturated heterocycles. The molecular weight excluding hydrogens is 250 g/mol. The van der Waals surface area contributed by atoms with Crippen molar-refractivity contribution < 1.29 is 8.42 Å². The molecule has 1 heterocycles. The molecule has 0 amide bonds. The molecule has 5 nitrogen and oxygen atoms in total. The Bertz CT molecular complexity index is 362. The van der Waals surface area contributed by atoms with Crippen molar-refractivity contribution in [3.63, 3.8) is 0 Å². The van der Waals surface area contributed by atoms with Gasteiger partial charge in [0, 0.05) is 38.8 Å². The topological polar surface area (TPSA) is 66.6 Å². The Labute approximate surface area is 111 Å². The van der Waals surface area contributed by atoms with Gasteiger partial charge in [-0.2, -0.15) is 0 Å². The molecule has 0 aromatic rings. The summed E-state index contributed by atoms with van der Waals surface area (Å²) in [5.74, 6) is 0.219. The van der Waals surface area contributed by atoms with Crippen LogP contribution in [-0.2, 0) is 9.84 Å². The Morgan fingerprint density at radius 2 is 1.89 bits per heavy atom. The van der Waals surface area contributed by atoms with Gasteiger partial charge in [-0.15, -0.1) is 0 Å².